The first-order valence-electron chi connectivity index (χ1n) is 6.04. The number of allylic oxidation sites excluding steroid dienone is 3. The van der Waals surface area contributed by atoms with Crippen molar-refractivity contribution in [1.82, 2.24) is 0 Å². The molecule has 1 nitrogen and oxygen atoms in total. The lowest BCUT2D eigenvalue weighted by atomic mass is 9.98. The van der Waals surface area contributed by atoms with E-state index in [9.17, 15) is 18.0 Å². The van der Waals surface area contributed by atoms with Crippen LogP contribution >= 0.6 is 0 Å². The number of benzene rings is 1. The molecule has 0 fully saturated rings. The number of halogens is 3. The summed E-state index contributed by atoms with van der Waals surface area (Å²) in [4.78, 5) is 11.2. The van der Waals surface area contributed by atoms with Crippen molar-refractivity contribution in [3.8, 4) is 0 Å². The Balaban J connectivity index is 2.09. The average molecular weight is 266 g/mol. The fraction of sp³-hybridized carbons (Fsp3) is 0.267. The predicted molar refractivity (Wildman–Crippen MR) is 67.4 cm³/mol. The smallest absolute Gasteiger partial charge is 0.295 e. The van der Waals surface area contributed by atoms with Crippen LogP contribution in [0.25, 0.3) is 6.08 Å². The minimum Gasteiger partial charge on any atom is -0.295 e. The quantitative estimate of drug-likeness (QED) is 0.775. The Hall–Kier alpha value is -1.84. The lowest BCUT2D eigenvalue weighted by molar-refractivity contribution is -0.137. The van der Waals surface area contributed by atoms with Crippen LogP contribution in [-0.4, -0.2) is 5.78 Å². The van der Waals surface area contributed by atoms with Crippen molar-refractivity contribution in [2.24, 2.45) is 0 Å². The largest absolute Gasteiger partial charge is 0.416 e. The van der Waals surface area contributed by atoms with Crippen molar-refractivity contribution in [2.45, 2.75) is 25.4 Å². The maximum absolute atomic E-state index is 12.4. The van der Waals surface area contributed by atoms with Gasteiger partial charge in [0, 0.05) is 6.42 Å². The molecule has 0 saturated heterocycles. The summed E-state index contributed by atoms with van der Waals surface area (Å²) in [6, 6.07) is 4.95. The predicted octanol–water partition coefficient (Wildman–Crippen LogP) is 4.40. The van der Waals surface area contributed by atoms with E-state index < -0.39 is 11.7 Å². The van der Waals surface area contributed by atoms with Gasteiger partial charge in [-0.3, -0.25) is 4.79 Å². The SMILES string of the molecule is O=C1C=C(/C=C/c2ccc(C(F)(F)F)cc2)CCC1. The van der Waals surface area contributed by atoms with Gasteiger partial charge in [-0.05, 0) is 42.2 Å². The summed E-state index contributed by atoms with van der Waals surface area (Å²) in [5.74, 6) is 0.110. The minimum atomic E-state index is -4.30. The van der Waals surface area contributed by atoms with Crippen LogP contribution in [0.5, 0.6) is 0 Å². The molecule has 0 atom stereocenters. The Morgan fingerprint density at radius 1 is 1.00 bits per heavy atom. The molecule has 1 aromatic carbocycles. The topological polar surface area (TPSA) is 17.1 Å². The molecule has 0 bridgehead atoms. The molecule has 0 heterocycles. The van der Waals surface area contributed by atoms with Crippen molar-refractivity contribution in [1.29, 1.82) is 0 Å². The highest BCUT2D eigenvalue weighted by Gasteiger charge is 2.29. The molecular weight excluding hydrogens is 253 g/mol. The second-order valence-electron chi connectivity index (χ2n) is 4.49. The summed E-state index contributed by atoms with van der Waals surface area (Å²) >= 11 is 0. The van der Waals surface area contributed by atoms with E-state index in [1.54, 1.807) is 18.2 Å². The molecule has 4 heteroatoms. The summed E-state index contributed by atoms with van der Waals surface area (Å²) in [6.07, 6.45) is 3.07. The summed E-state index contributed by atoms with van der Waals surface area (Å²) in [5, 5.41) is 0. The highest BCUT2D eigenvalue weighted by molar-refractivity contribution is 5.91. The van der Waals surface area contributed by atoms with E-state index in [0.717, 1.165) is 30.5 Å². The van der Waals surface area contributed by atoms with Gasteiger partial charge in [0.25, 0.3) is 0 Å². The lowest BCUT2D eigenvalue weighted by Crippen LogP contribution is -2.04. The number of alkyl halides is 3. The number of carbonyl (C=O) groups is 1. The molecule has 19 heavy (non-hydrogen) atoms. The first-order valence-corrected chi connectivity index (χ1v) is 6.04. The van der Waals surface area contributed by atoms with Crippen molar-refractivity contribution in [3.05, 3.63) is 53.1 Å². The monoisotopic (exact) mass is 266 g/mol. The van der Waals surface area contributed by atoms with Gasteiger partial charge in [0.05, 0.1) is 5.56 Å². The van der Waals surface area contributed by atoms with E-state index in [2.05, 4.69) is 0 Å². The van der Waals surface area contributed by atoms with Crippen LogP contribution in [-0.2, 0) is 11.0 Å². The summed E-state index contributed by atoms with van der Waals surface area (Å²) in [6.45, 7) is 0. The molecule has 1 aromatic rings. The molecule has 0 aliphatic heterocycles. The third kappa shape index (κ3) is 3.81. The minimum absolute atomic E-state index is 0.110. The second kappa shape index (κ2) is 5.43. The van der Waals surface area contributed by atoms with Crippen LogP contribution in [0.2, 0.25) is 0 Å². The van der Waals surface area contributed by atoms with Crippen LogP contribution < -0.4 is 0 Å². The van der Waals surface area contributed by atoms with E-state index >= 15 is 0 Å². The van der Waals surface area contributed by atoms with Gasteiger partial charge >= 0.3 is 6.18 Å². The maximum Gasteiger partial charge on any atom is 0.416 e. The van der Waals surface area contributed by atoms with Crippen molar-refractivity contribution in [3.63, 3.8) is 0 Å². The van der Waals surface area contributed by atoms with E-state index in [0.29, 0.717) is 12.0 Å². The summed E-state index contributed by atoms with van der Waals surface area (Å²) in [5.41, 5.74) is 0.958. The van der Waals surface area contributed by atoms with Gasteiger partial charge in [0.15, 0.2) is 5.78 Å². The first kappa shape index (κ1) is 13.6. The van der Waals surface area contributed by atoms with Gasteiger partial charge in [0.1, 0.15) is 0 Å². The van der Waals surface area contributed by atoms with Crippen molar-refractivity contribution in [2.75, 3.05) is 0 Å². The average Bonchev–Trinajstić information content (AvgIpc) is 2.36. The standard InChI is InChI=1S/C15H13F3O/c16-15(17,18)13-8-6-11(7-9-13)4-5-12-2-1-3-14(19)10-12/h4-10H,1-3H2/b5-4+. The maximum atomic E-state index is 12.4. The molecule has 0 saturated carbocycles. The van der Waals surface area contributed by atoms with Crippen LogP contribution in [0.3, 0.4) is 0 Å². The first-order chi connectivity index (χ1) is 8.95. The van der Waals surface area contributed by atoms with Crippen LogP contribution in [0.4, 0.5) is 13.2 Å². The molecule has 1 aliphatic rings. The lowest BCUT2D eigenvalue weighted by Gasteiger charge is -2.08. The Kier molecular flexibility index (Phi) is 3.88. The molecule has 0 spiro atoms. The zero-order chi connectivity index (χ0) is 13.9. The Morgan fingerprint density at radius 3 is 2.26 bits per heavy atom. The molecule has 1 aliphatic carbocycles. The third-order valence-electron chi connectivity index (χ3n) is 2.96. The number of carbonyl (C=O) groups excluding carboxylic acids is 1. The van der Waals surface area contributed by atoms with Crippen LogP contribution in [0.15, 0.2) is 42.0 Å². The molecule has 0 amide bonds. The van der Waals surface area contributed by atoms with Crippen molar-refractivity contribution < 1.29 is 18.0 Å². The van der Waals surface area contributed by atoms with Gasteiger partial charge in [-0.2, -0.15) is 13.2 Å². The van der Waals surface area contributed by atoms with Crippen LogP contribution in [0, 0.1) is 0 Å². The Bertz CT molecular complexity index is 521. The zero-order valence-electron chi connectivity index (χ0n) is 10.2. The fourth-order valence-electron chi connectivity index (χ4n) is 1.94. The highest BCUT2D eigenvalue weighted by Crippen LogP contribution is 2.29. The Morgan fingerprint density at radius 2 is 1.68 bits per heavy atom. The zero-order valence-corrected chi connectivity index (χ0v) is 10.2. The second-order valence-corrected chi connectivity index (χ2v) is 4.49. The molecular formula is C15H13F3O. The number of hydrogen-bond acceptors (Lipinski definition) is 1. The fourth-order valence-corrected chi connectivity index (χ4v) is 1.94. The van der Waals surface area contributed by atoms with E-state index in [-0.39, 0.29) is 5.78 Å². The van der Waals surface area contributed by atoms with Gasteiger partial charge < -0.3 is 0 Å². The number of rotatable bonds is 2. The van der Waals surface area contributed by atoms with Gasteiger partial charge in [0.2, 0.25) is 0 Å². The Labute approximate surface area is 109 Å². The van der Waals surface area contributed by atoms with E-state index in [1.807, 2.05) is 0 Å². The van der Waals surface area contributed by atoms with Gasteiger partial charge in [-0.25, -0.2) is 0 Å². The van der Waals surface area contributed by atoms with Crippen LogP contribution in [0.1, 0.15) is 30.4 Å². The van der Waals surface area contributed by atoms with E-state index in [1.165, 1.54) is 12.1 Å². The molecule has 2 rings (SSSR count). The molecule has 0 N–H and O–H groups in total. The number of hydrogen-bond donors (Lipinski definition) is 0. The molecule has 100 valence electrons. The van der Waals surface area contributed by atoms with Gasteiger partial charge in [-0.15, -0.1) is 0 Å². The normalized spacial score (nSPS) is 16.8. The van der Waals surface area contributed by atoms with E-state index in [4.69, 9.17) is 0 Å². The molecule has 0 unspecified atom stereocenters. The summed E-state index contributed by atoms with van der Waals surface area (Å²) < 4.78 is 37.1. The summed E-state index contributed by atoms with van der Waals surface area (Å²) in [7, 11) is 0. The third-order valence-corrected chi connectivity index (χ3v) is 2.96. The molecule has 0 aromatic heterocycles. The van der Waals surface area contributed by atoms with Crippen molar-refractivity contribution >= 4 is 11.9 Å². The van der Waals surface area contributed by atoms with Gasteiger partial charge in [-0.1, -0.05) is 24.3 Å². The highest BCUT2D eigenvalue weighted by atomic mass is 19.4. The number of ketones is 1. The molecule has 0 radical (unpaired) electrons.